The summed E-state index contributed by atoms with van der Waals surface area (Å²) in [5.74, 6) is 2.10. The maximum atomic E-state index is 6.85. The minimum Gasteiger partial charge on any atom is -0.509 e. The van der Waals surface area contributed by atoms with E-state index in [0.29, 0.717) is 11.5 Å². The molecule has 5 nitrogen and oxygen atoms in total. The second kappa shape index (κ2) is 15.7. The summed E-state index contributed by atoms with van der Waals surface area (Å²) in [4.78, 5) is 9.44. The van der Waals surface area contributed by atoms with Crippen LogP contribution < -0.4 is 14.5 Å². The average molecular weight is 973 g/mol. The Morgan fingerprint density at radius 3 is 1.95 bits per heavy atom. The van der Waals surface area contributed by atoms with Gasteiger partial charge in [0.1, 0.15) is 5.82 Å². The Morgan fingerprint density at radius 2 is 1.27 bits per heavy atom. The summed E-state index contributed by atoms with van der Waals surface area (Å²) in [5.41, 5.74) is 10.9. The third-order valence-electron chi connectivity index (χ3n) is 11.3. The van der Waals surface area contributed by atoms with Crippen molar-refractivity contribution in [3.63, 3.8) is 0 Å². The summed E-state index contributed by atoms with van der Waals surface area (Å²) in [6, 6.07) is 46.4. The predicted octanol–water partition coefficient (Wildman–Crippen LogP) is 14.5. The van der Waals surface area contributed by atoms with E-state index >= 15 is 0 Å². The third-order valence-corrected chi connectivity index (χ3v) is 11.3. The first-order valence-electron chi connectivity index (χ1n) is 20.8. The fraction of sp³-hybridized carbons (Fsp3) is 0.296. The zero-order chi connectivity index (χ0) is 42.1. The first-order chi connectivity index (χ1) is 27.7. The molecular weight excluding hydrogens is 916 g/mol. The number of anilines is 2. The van der Waals surface area contributed by atoms with Gasteiger partial charge in [0.2, 0.25) is 0 Å². The average Bonchev–Trinajstić information content (AvgIpc) is 3.78. The van der Waals surface area contributed by atoms with Gasteiger partial charge in [-0.15, -0.1) is 53.6 Å². The number of nitrogens with zero attached hydrogens (tertiary/aromatic N) is 4. The molecule has 7 aromatic rings. The second-order valence-electron chi connectivity index (χ2n) is 20.1. The zero-order valence-electron chi connectivity index (χ0n) is 37.1. The fourth-order valence-electron chi connectivity index (χ4n) is 7.74. The maximum Gasteiger partial charge on any atom is 0.135 e. The maximum absolute atomic E-state index is 6.85. The summed E-state index contributed by atoms with van der Waals surface area (Å²) < 4.78 is 9.07. The van der Waals surface area contributed by atoms with Crippen molar-refractivity contribution in [3.8, 4) is 28.4 Å². The molecule has 0 spiro atoms. The summed E-state index contributed by atoms with van der Waals surface area (Å²) in [5, 5.41) is 2.22. The van der Waals surface area contributed by atoms with Crippen molar-refractivity contribution in [2.75, 3.05) is 9.80 Å². The Morgan fingerprint density at radius 1 is 0.567 bits per heavy atom. The molecule has 1 aliphatic heterocycles. The Balaban J connectivity index is 0.00000544. The quantitative estimate of drug-likeness (QED) is 0.156. The number of aromatic nitrogens is 2. The van der Waals surface area contributed by atoms with Crippen LogP contribution in [0.25, 0.3) is 38.8 Å². The molecule has 0 radical (unpaired) electrons. The van der Waals surface area contributed by atoms with E-state index in [1.807, 2.05) is 12.3 Å². The van der Waals surface area contributed by atoms with Crippen LogP contribution in [0.3, 0.4) is 0 Å². The predicted molar refractivity (Wildman–Crippen MR) is 248 cm³/mol. The van der Waals surface area contributed by atoms with Gasteiger partial charge in [0.25, 0.3) is 0 Å². The normalized spacial score (nSPS) is 13.8. The molecule has 312 valence electrons. The molecule has 3 heterocycles. The second-order valence-corrected chi connectivity index (χ2v) is 20.1. The van der Waals surface area contributed by atoms with Crippen LogP contribution in [0.1, 0.15) is 99.8 Å². The number of hydrogen-bond donors (Lipinski definition) is 0. The number of hydrogen-bond acceptors (Lipinski definition) is 4. The van der Waals surface area contributed by atoms with Gasteiger partial charge < -0.3 is 19.1 Å². The number of benzene rings is 5. The van der Waals surface area contributed by atoms with Crippen molar-refractivity contribution in [2.45, 2.75) is 99.3 Å². The molecule has 0 saturated carbocycles. The van der Waals surface area contributed by atoms with Gasteiger partial charge in [0, 0.05) is 61.1 Å². The summed E-state index contributed by atoms with van der Waals surface area (Å²) in [6.45, 7) is 29.2. The molecule has 6 heteroatoms. The molecule has 0 fully saturated rings. The first-order valence-corrected chi connectivity index (χ1v) is 20.8. The molecule has 0 N–H and O–H groups in total. The minimum atomic E-state index is -0.148. The van der Waals surface area contributed by atoms with Crippen molar-refractivity contribution in [1.82, 2.24) is 9.55 Å². The molecule has 1 aliphatic rings. The van der Waals surface area contributed by atoms with Gasteiger partial charge in [-0.25, -0.2) is 4.98 Å². The van der Waals surface area contributed by atoms with Gasteiger partial charge in [-0.3, -0.25) is 0 Å². The summed E-state index contributed by atoms with van der Waals surface area (Å²) in [6.07, 6.45) is 4.17. The van der Waals surface area contributed by atoms with Crippen molar-refractivity contribution >= 4 is 33.2 Å². The number of allylic oxidation sites excluding steroid dienone is 1. The number of pyridine rings is 1. The number of fused-ring (bicyclic) bond motifs is 3. The summed E-state index contributed by atoms with van der Waals surface area (Å²) >= 11 is 0. The largest absolute Gasteiger partial charge is 0.509 e. The first kappa shape index (κ1) is 43.0. The zero-order valence-corrected chi connectivity index (χ0v) is 39.4. The van der Waals surface area contributed by atoms with E-state index in [1.54, 1.807) is 0 Å². The molecule has 0 unspecified atom stereocenters. The topological polar surface area (TPSA) is 33.5 Å². The van der Waals surface area contributed by atoms with Gasteiger partial charge >= 0.3 is 0 Å². The molecular formula is C54H57N4OPt-3. The van der Waals surface area contributed by atoms with Crippen LogP contribution >= 0.6 is 0 Å². The standard InChI is InChI=1S/C54H57N4O.Pt/c1-51(2,3)38-19-16-20-41(28-38)56-34-49(54(10,11)12)57(35-56)42-29-40(53(7,8)9)30-44(32-42)59-43-22-23-45-46-27-37(36-17-14-13-15-18-36)21-24-47(46)58(48(45)33-43)50-31-39(25-26-55-50)52(4,5)6;/h13-31,34-35H,1-12H3;/q-3;. The molecule has 8 rings (SSSR count). The van der Waals surface area contributed by atoms with E-state index in [2.05, 4.69) is 226 Å². The van der Waals surface area contributed by atoms with Crippen LogP contribution in [0.15, 0.2) is 127 Å². The Hall–Kier alpha value is -5.12. The van der Waals surface area contributed by atoms with Crippen molar-refractivity contribution in [1.29, 1.82) is 0 Å². The molecule has 0 atom stereocenters. The van der Waals surface area contributed by atoms with E-state index in [-0.39, 0.29) is 42.7 Å². The van der Waals surface area contributed by atoms with E-state index in [9.17, 15) is 0 Å². The molecule has 0 amide bonds. The smallest absolute Gasteiger partial charge is 0.135 e. The molecule has 2 aromatic heterocycles. The van der Waals surface area contributed by atoms with Gasteiger partial charge in [-0.2, -0.15) is 6.07 Å². The fourth-order valence-corrected chi connectivity index (χ4v) is 7.74. The van der Waals surface area contributed by atoms with E-state index in [4.69, 9.17) is 9.72 Å². The number of ether oxygens (including phenoxy) is 1. The van der Waals surface area contributed by atoms with Gasteiger partial charge in [-0.05, 0) is 80.4 Å². The third kappa shape index (κ3) is 8.57. The molecule has 60 heavy (non-hydrogen) atoms. The monoisotopic (exact) mass is 972 g/mol. The molecule has 5 aromatic carbocycles. The van der Waals surface area contributed by atoms with Gasteiger partial charge in [0.05, 0.1) is 0 Å². The molecule has 0 saturated heterocycles. The van der Waals surface area contributed by atoms with Crippen molar-refractivity contribution in [2.24, 2.45) is 5.41 Å². The molecule has 0 aliphatic carbocycles. The van der Waals surface area contributed by atoms with Crippen LogP contribution in [0.2, 0.25) is 0 Å². The van der Waals surface area contributed by atoms with E-state index < -0.39 is 0 Å². The van der Waals surface area contributed by atoms with Crippen LogP contribution in [-0.2, 0) is 37.3 Å². The number of rotatable bonds is 6. The Labute approximate surface area is 372 Å². The SMILES string of the molecule is CC(C)(C)C1=CN(c2cccc(C(C)(C)C)c2)[CH-]N1c1[c-]c(Oc2[c-]c3c(cc2)c2cc(-c4ccccc4)ccc2n3-c2cc(C(C)(C)C)ccn2)cc(C(C)(C)C)c1.[Pt]. The van der Waals surface area contributed by atoms with E-state index in [0.717, 1.165) is 50.1 Å². The molecule has 0 bridgehead atoms. The van der Waals surface area contributed by atoms with Crippen molar-refractivity contribution < 1.29 is 25.8 Å². The summed E-state index contributed by atoms with van der Waals surface area (Å²) in [7, 11) is 0. The Bertz CT molecular complexity index is 2720. The minimum absolute atomic E-state index is 0. The van der Waals surface area contributed by atoms with E-state index in [1.165, 1.54) is 22.4 Å². The van der Waals surface area contributed by atoms with Crippen LogP contribution in [0.4, 0.5) is 11.4 Å². The van der Waals surface area contributed by atoms with Crippen LogP contribution in [-0.4, -0.2) is 9.55 Å². The van der Waals surface area contributed by atoms with Gasteiger partial charge in [-0.1, -0.05) is 143 Å². The van der Waals surface area contributed by atoms with Crippen molar-refractivity contribution in [3.05, 3.63) is 163 Å². The van der Waals surface area contributed by atoms with Crippen LogP contribution in [0, 0.1) is 24.2 Å². The van der Waals surface area contributed by atoms with Crippen LogP contribution in [0.5, 0.6) is 11.5 Å². The Kier molecular flexibility index (Phi) is 11.3. The van der Waals surface area contributed by atoms with Gasteiger partial charge in [0.15, 0.2) is 0 Å².